The van der Waals surface area contributed by atoms with Crippen LogP contribution in [-0.4, -0.2) is 72.5 Å². The van der Waals surface area contributed by atoms with Gasteiger partial charge in [-0.25, -0.2) is 9.50 Å². The molecular weight excluding hydrogens is 366 g/mol. The number of fused-ring (bicyclic) bond motifs is 1. The number of benzene rings is 1. The fraction of sp³-hybridized carbons (Fsp3) is 0.455. The van der Waals surface area contributed by atoms with Gasteiger partial charge in [0.05, 0.1) is 26.5 Å². The average Bonchev–Trinajstić information content (AvgIpc) is 3.16. The van der Waals surface area contributed by atoms with Crippen LogP contribution in [0.5, 0.6) is 5.75 Å². The summed E-state index contributed by atoms with van der Waals surface area (Å²) in [6.45, 7) is 8.84. The van der Waals surface area contributed by atoms with Crippen molar-refractivity contribution in [1.29, 1.82) is 0 Å². The molecular formula is C22H29N5O2. The van der Waals surface area contributed by atoms with E-state index in [0.29, 0.717) is 6.04 Å². The summed E-state index contributed by atoms with van der Waals surface area (Å²) in [7, 11) is 3.78. The first-order valence-electron chi connectivity index (χ1n) is 10.1. The number of hydrogen-bond donors (Lipinski definition) is 0. The standard InChI is InChI=1S/C22H29N5O2/c1-16-5-6-18(28-4)13-19(16)20-14-23-27-8-7-21(24-22(20)27)25(3)9-10-26-11-12-29-15-17(26)2/h5-8,13-14,17H,9-12,15H2,1-4H3/t17-/m1/s1. The fourth-order valence-electron chi connectivity index (χ4n) is 3.77. The number of hydrogen-bond acceptors (Lipinski definition) is 6. The van der Waals surface area contributed by atoms with E-state index in [4.69, 9.17) is 14.5 Å². The molecule has 1 aromatic carbocycles. The number of methoxy groups -OCH3 is 1. The molecule has 2 aromatic heterocycles. The molecule has 154 valence electrons. The summed E-state index contributed by atoms with van der Waals surface area (Å²) in [5, 5.41) is 4.49. The lowest BCUT2D eigenvalue weighted by Crippen LogP contribution is -2.46. The molecule has 3 heterocycles. The molecule has 29 heavy (non-hydrogen) atoms. The van der Waals surface area contributed by atoms with Crippen LogP contribution in [0, 0.1) is 6.92 Å². The first kappa shape index (κ1) is 19.7. The SMILES string of the molecule is COc1ccc(C)c(-c2cnn3ccc(N(C)CCN4CCOC[C@H]4C)nc23)c1. The van der Waals surface area contributed by atoms with E-state index in [9.17, 15) is 0 Å². The van der Waals surface area contributed by atoms with Gasteiger partial charge in [-0.15, -0.1) is 0 Å². The van der Waals surface area contributed by atoms with E-state index in [0.717, 1.165) is 61.2 Å². The molecule has 7 nitrogen and oxygen atoms in total. The molecule has 1 aliphatic rings. The summed E-state index contributed by atoms with van der Waals surface area (Å²) >= 11 is 0. The Balaban J connectivity index is 1.58. The van der Waals surface area contributed by atoms with Crippen LogP contribution in [0.25, 0.3) is 16.8 Å². The number of morpholine rings is 1. The molecule has 0 radical (unpaired) electrons. The summed E-state index contributed by atoms with van der Waals surface area (Å²) in [6, 6.07) is 8.57. The van der Waals surface area contributed by atoms with Gasteiger partial charge in [0.25, 0.3) is 0 Å². The highest BCUT2D eigenvalue weighted by Gasteiger charge is 2.19. The second kappa shape index (κ2) is 8.39. The van der Waals surface area contributed by atoms with Crippen LogP contribution in [0.3, 0.4) is 0 Å². The molecule has 0 N–H and O–H groups in total. The Morgan fingerprint density at radius 2 is 2.14 bits per heavy atom. The number of aryl methyl sites for hydroxylation is 1. The second-order valence-electron chi connectivity index (χ2n) is 7.67. The average molecular weight is 396 g/mol. The molecule has 0 bridgehead atoms. The largest absolute Gasteiger partial charge is 0.497 e. The van der Waals surface area contributed by atoms with Crippen molar-refractivity contribution in [3.8, 4) is 16.9 Å². The van der Waals surface area contributed by atoms with Crippen molar-refractivity contribution in [2.45, 2.75) is 19.9 Å². The van der Waals surface area contributed by atoms with Crippen molar-refractivity contribution in [3.63, 3.8) is 0 Å². The van der Waals surface area contributed by atoms with E-state index in [1.54, 1.807) is 7.11 Å². The third kappa shape index (κ3) is 4.06. The van der Waals surface area contributed by atoms with Gasteiger partial charge in [-0.3, -0.25) is 4.90 Å². The molecule has 3 aromatic rings. The lowest BCUT2D eigenvalue weighted by atomic mass is 10.0. The minimum absolute atomic E-state index is 0.463. The number of anilines is 1. The quantitative estimate of drug-likeness (QED) is 0.640. The van der Waals surface area contributed by atoms with Crippen LogP contribution >= 0.6 is 0 Å². The minimum Gasteiger partial charge on any atom is -0.497 e. The van der Waals surface area contributed by atoms with Crippen molar-refractivity contribution < 1.29 is 9.47 Å². The molecule has 1 saturated heterocycles. The zero-order chi connectivity index (χ0) is 20.4. The number of rotatable bonds is 6. The summed E-state index contributed by atoms with van der Waals surface area (Å²) < 4.78 is 12.8. The van der Waals surface area contributed by atoms with Gasteiger partial charge in [-0.1, -0.05) is 6.07 Å². The first-order chi connectivity index (χ1) is 14.1. The predicted molar refractivity (Wildman–Crippen MR) is 115 cm³/mol. The van der Waals surface area contributed by atoms with E-state index in [1.165, 1.54) is 5.56 Å². The summed E-state index contributed by atoms with van der Waals surface area (Å²) in [4.78, 5) is 9.61. The Bertz CT molecular complexity index is 986. The van der Waals surface area contributed by atoms with Gasteiger partial charge in [-0.05, 0) is 43.2 Å². The Labute approximate surface area is 171 Å². The molecule has 0 saturated carbocycles. The smallest absolute Gasteiger partial charge is 0.165 e. The fourth-order valence-corrected chi connectivity index (χ4v) is 3.77. The van der Waals surface area contributed by atoms with Crippen LogP contribution in [-0.2, 0) is 4.74 Å². The highest BCUT2D eigenvalue weighted by Crippen LogP contribution is 2.30. The molecule has 0 spiro atoms. The Hall–Kier alpha value is -2.64. The van der Waals surface area contributed by atoms with Gasteiger partial charge in [0, 0.05) is 44.5 Å². The second-order valence-corrected chi connectivity index (χ2v) is 7.67. The maximum Gasteiger partial charge on any atom is 0.165 e. The van der Waals surface area contributed by atoms with E-state index in [1.807, 2.05) is 35.1 Å². The number of aromatic nitrogens is 3. The first-order valence-corrected chi connectivity index (χ1v) is 10.1. The van der Waals surface area contributed by atoms with Gasteiger partial charge in [0.2, 0.25) is 0 Å². The Kier molecular flexibility index (Phi) is 5.69. The van der Waals surface area contributed by atoms with Crippen LogP contribution in [0.15, 0.2) is 36.7 Å². The molecule has 1 aliphatic heterocycles. The third-order valence-electron chi connectivity index (χ3n) is 5.71. The van der Waals surface area contributed by atoms with Crippen molar-refractivity contribution in [3.05, 3.63) is 42.2 Å². The lowest BCUT2D eigenvalue weighted by molar-refractivity contribution is 0.00125. The highest BCUT2D eigenvalue weighted by atomic mass is 16.5. The van der Waals surface area contributed by atoms with E-state index < -0.39 is 0 Å². The molecule has 0 amide bonds. The van der Waals surface area contributed by atoms with Crippen LogP contribution in [0.4, 0.5) is 5.82 Å². The normalized spacial score (nSPS) is 17.6. The monoisotopic (exact) mass is 395 g/mol. The maximum absolute atomic E-state index is 5.54. The van der Waals surface area contributed by atoms with Gasteiger partial charge < -0.3 is 14.4 Å². The van der Waals surface area contributed by atoms with Crippen LogP contribution in [0.1, 0.15) is 12.5 Å². The lowest BCUT2D eigenvalue weighted by Gasteiger charge is -2.34. The van der Waals surface area contributed by atoms with Gasteiger partial charge >= 0.3 is 0 Å². The molecule has 7 heteroatoms. The van der Waals surface area contributed by atoms with E-state index in [2.05, 4.69) is 41.9 Å². The zero-order valence-corrected chi connectivity index (χ0v) is 17.6. The van der Waals surface area contributed by atoms with Crippen molar-refractivity contribution in [2.75, 3.05) is 51.9 Å². The van der Waals surface area contributed by atoms with E-state index >= 15 is 0 Å². The van der Waals surface area contributed by atoms with Crippen LogP contribution in [0.2, 0.25) is 0 Å². The molecule has 0 unspecified atom stereocenters. The zero-order valence-electron chi connectivity index (χ0n) is 17.6. The maximum atomic E-state index is 5.54. The van der Waals surface area contributed by atoms with Crippen molar-refractivity contribution >= 4 is 11.5 Å². The number of ether oxygens (including phenoxy) is 2. The summed E-state index contributed by atoms with van der Waals surface area (Å²) in [5.41, 5.74) is 4.13. The molecule has 1 fully saturated rings. The van der Waals surface area contributed by atoms with Gasteiger partial charge in [-0.2, -0.15) is 5.10 Å². The van der Waals surface area contributed by atoms with Crippen molar-refractivity contribution in [1.82, 2.24) is 19.5 Å². The number of likely N-dealkylation sites (N-methyl/N-ethyl adjacent to an activating group) is 1. The van der Waals surface area contributed by atoms with Crippen LogP contribution < -0.4 is 9.64 Å². The summed E-state index contributed by atoms with van der Waals surface area (Å²) in [6.07, 6.45) is 3.85. The predicted octanol–water partition coefficient (Wildman–Crippen LogP) is 2.87. The molecule has 1 atom stereocenters. The minimum atomic E-state index is 0.463. The van der Waals surface area contributed by atoms with Crippen molar-refractivity contribution in [2.24, 2.45) is 0 Å². The number of nitrogens with zero attached hydrogens (tertiary/aromatic N) is 5. The Morgan fingerprint density at radius 1 is 1.28 bits per heavy atom. The van der Waals surface area contributed by atoms with Gasteiger partial charge in [0.1, 0.15) is 11.6 Å². The Morgan fingerprint density at radius 3 is 2.93 bits per heavy atom. The highest BCUT2D eigenvalue weighted by molar-refractivity contribution is 5.80. The molecule has 0 aliphatic carbocycles. The topological polar surface area (TPSA) is 55.1 Å². The van der Waals surface area contributed by atoms with E-state index in [-0.39, 0.29) is 0 Å². The third-order valence-corrected chi connectivity index (χ3v) is 5.71. The summed E-state index contributed by atoms with van der Waals surface area (Å²) in [5.74, 6) is 1.78. The molecule has 4 rings (SSSR count). The van der Waals surface area contributed by atoms with Gasteiger partial charge in [0.15, 0.2) is 5.65 Å².